The summed E-state index contributed by atoms with van der Waals surface area (Å²) in [7, 11) is 0. The van der Waals surface area contributed by atoms with Gasteiger partial charge in [-0.1, -0.05) is 76.6 Å². The van der Waals surface area contributed by atoms with Crippen molar-refractivity contribution in [3.63, 3.8) is 0 Å². The van der Waals surface area contributed by atoms with Crippen molar-refractivity contribution >= 4 is 56.7 Å². The van der Waals surface area contributed by atoms with E-state index in [4.69, 9.17) is 10.5 Å². The second kappa shape index (κ2) is 11.0. The van der Waals surface area contributed by atoms with Gasteiger partial charge in [0, 0.05) is 6.54 Å². The molecule has 5 atom stereocenters. The van der Waals surface area contributed by atoms with E-state index in [2.05, 4.69) is 21.2 Å². The number of primary amides is 1. The van der Waals surface area contributed by atoms with Gasteiger partial charge in [-0.15, -0.1) is 0 Å². The van der Waals surface area contributed by atoms with Crippen LogP contribution in [0.1, 0.15) is 65.0 Å². The second-order valence-electron chi connectivity index (χ2n) is 13.2. The zero-order valence-electron chi connectivity index (χ0n) is 25.6. The molecule has 1 saturated heterocycles. The highest BCUT2D eigenvalue weighted by Crippen LogP contribution is 2.77. The van der Waals surface area contributed by atoms with Crippen LogP contribution in [0, 0.1) is 16.7 Å². The predicted octanol–water partition coefficient (Wildman–Crippen LogP) is 4.87. The van der Waals surface area contributed by atoms with Crippen LogP contribution in [0.25, 0.3) is 11.1 Å². The number of allylic oxidation sites excluding steroid dienone is 2. The van der Waals surface area contributed by atoms with E-state index in [1.165, 1.54) is 4.90 Å². The van der Waals surface area contributed by atoms with Gasteiger partial charge in [0.05, 0.1) is 16.7 Å². The van der Waals surface area contributed by atoms with Gasteiger partial charge in [0.25, 0.3) is 0 Å². The number of rotatable bonds is 9. The first-order valence-corrected chi connectivity index (χ1v) is 15.6. The molecule has 1 saturated carbocycles. The van der Waals surface area contributed by atoms with Gasteiger partial charge in [-0.2, -0.15) is 0 Å². The van der Waals surface area contributed by atoms with Gasteiger partial charge in [-0.25, -0.2) is 4.79 Å². The number of carbonyl (C=O) groups is 5. The molecule has 10 heteroatoms. The molecule has 3 aliphatic rings. The Kier molecular flexibility index (Phi) is 7.89. The minimum atomic E-state index is -1.46. The summed E-state index contributed by atoms with van der Waals surface area (Å²) in [5.74, 6) is -2.63. The Bertz CT molecular complexity index is 1570. The number of fused-ring (bicyclic) bond motifs is 5. The lowest BCUT2D eigenvalue weighted by molar-refractivity contribution is -0.144. The number of hydrogen-bond acceptors (Lipinski definition) is 6. The van der Waals surface area contributed by atoms with Crippen molar-refractivity contribution < 1.29 is 28.7 Å². The average Bonchev–Trinajstić information content (AvgIpc) is 3.34. The Labute approximate surface area is 265 Å². The summed E-state index contributed by atoms with van der Waals surface area (Å²) in [6.45, 7) is 8.82. The lowest BCUT2D eigenvalue weighted by Crippen LogP contribution is -2.50. The topological polar surface area (TPSA) is 136 Å². The highest BCUT2D eigenvalue weighted by Gasteiger charge is 2.85. The summed E-state index contributed by atoms with van der Waals surface area (Å²) < 4.78 is 3.77. The molecule has 5 rings (SSSR count). The number of alkyl carbamates (subject to hydrolysis) is 1. The SMILES string of the molecule is CC(C)(C)OC(=O)N[C@@H](CCCCN1C(=O)C2C3(C)C(=O)C(C)(C(c4ccccc4)=C3c3ccccc3)C2(Br)C1=O)C(N)=O. The lowest BCUT2D eigenvalue weighted by atomic mass is 9.63. The average molecular weight is 665 g/mol. The van der Waals surface area contributed by atoms with E-state index in [0.717, 1.165) is 22.3 Å². The number of imide groups is 1. The number of halogens is 1. The fourth-order valence-electron chi connectivity index (χ4n) is 7.42. The summed E-state index contributed by atoms with van der Waals surface area (Å²) in [4.78, 5) is 68.4. The number of hydrogen-bond donors (Lipinski definition) is 2. The zero-order valence-corrected chi connectivity index (χ0v) is 27.2. The number of benzene rings is 2. The molecular formula is C34H38BrN3O6. The molecule has 4 amide bonds. The number of likely N-dealkylation sites (tertiary alicyclic amines) is 1. The Balaban J connectivity index is 1.42. The van der Waals surface area contributed by atoms with E-state index in [0.29, 0.717) is 12.8 Å². The van der Waals surface area contributed by atoms with Gasteiger partial charge in [0.15, 0.2) is 5.78 Å². The van der Waals surface area contributed by atoms with Crippen LogP contribution in [-0.2, 0) is 23.9 Å². The highest BCUT2D eigenvalue weighted by atomic mass is 79.9. The molecule has 4 unspecified atom stereocenters. The third-order valence-electron chi connectivity index (χ3n) is 9.25. The fourth-order valence-corrected chi connectivity index (χ4v) is 8.67. The number of ether oxygens (including phenoxy) is 1. The summed E-state index contributed by atoms with van der Waals surface area (Å²) in [6.07, 6.45) is 0.229. The number of carbonyl (C=O) groups excluding carboxylic acids is 5. The Morgan fingerprint density at radius 3 is 2.02 bits per heavy atom. The van der Waals surface area contributed by atoms with Gasteiger partial charge in [-0.05, 0) is 76.2 Å². The number of ketones is 1. The number of amides is 4. The second-order valence-corrected chi connectivity index (χ2v) is 14.4. The molecule has 1 heterocycles. The quantitative estimate of drug-likeness (QED) is 0.223. The standard InChI is InChI=1S/C34H38BrN3O6/c1-31(2,3)44-30(43)37-22(26(36)39)18-12-13-19-38-27(40)25-32(4)23(20-14-8-6-9-15-20)24(21-16-10-7-11-17-21)33(5,28(32)41)34(25,35)29(38)42/h6-11,14-17,22,25H,12-13,18-19H2,1-5H3,(H2,36,39)(H,37,43)/t22-,25?,32?,33?,34?/m0/s1. The molecule has 2 aliphatic carbocycles. The van der Waals surface area contributed by atoms with E-state index in [9.17, 15) is 24.0 Å². The molecule has 1 aliphatic heterocycles. The van der Waals surface area contributed by atoms with Crippen LogP contribution in [0.3, 0.4) is 0 Å². The van der Waals surface area contributed by atoms with E-state index < -0.39 is 56.5 Å². The molecule has 2 aromatic rings. The molecule has 2 bridgehead atoms. The Morgan fingerprint density at radius 1 is 0.955 bits per heavy atom. The number of nitrogens with two attached hydrogens (primary N) is 1. The molecule has 2 fully saturated rings. The van der Waals surface area contributed by atoms with Gasteiger partial charge in [-0.3, -0.25) is 24.1 Å². The van der Waals surface area contributed by atoms with Gasteiger partial charge in [0.1, 0.15) is 16.0 Å². The minimum Gasteiger partial charge on any atom is -0.444 e. The van der Waals surface area contributed by atoms with Crippen molar-refractivity contribution in [2.45, 2.75) is 69.8 Å². The van der Waals surface area contributed by atoms with Crippen LogP contribution in [-0.4, -0.2) is 57.0 Å². The Morgan fingerprint density at radius 2 is 1.50 bits per heavy atom. The monoisotopic (exact) mass is 663 g/mol. The van der Waals surface area contributed by atoms with E-state index in [-0.39, 0.29) is 18.7 Å². The van der Waals surface area contributed by atoms with Crippen molar-refractivity contribution in [1.82, 2.24) is 10.2 Å². The molecular weight excluding hydrogens is 626 g/mol. The van der Waals surface area contributed by atoms with E-state index in [1.54, 1.807) is 34.6 Å². The van der Waals surface area contributed by atoms with Crippen LogP contribution in [0.4, 0.5) is 4.79 Å². The molecule has 0 spiro atoms. The Hall–Kier alpha value is -3.79. The van der Waals surface area contributed by atoms with Crippen molar-refractivity contribution in [3.8, 4) is 0 Å². The van der Waals surface area contributed by atoms with Crippen molar-refractivity contribution in [1.29, 1.82) is 0 Å². The fraction of sp³-hybridized carbons (Fsp3) is 0.441. The summed E-state index contributed by atoms with van der Waals surface area (Å²) >= 11 is 3.76. The predicted molar refractivity (Wildman–Crippen MR) is 169 cm³/mol. The zero-order chi connectivity index (χ0) is 32.2. The smallest absolute Gasteiger partial charge is 0.408 e. The molecule has 9 nitrogen and oxygen atoms in total. The molecule has 0 radical (unpaired) electrons. The first-order valence-electron chi connectivity index (χ1n) is 14.8. The maximum Gasteiger partial charge on any atom is 0.408 e. The van der Waals surface area contributed by atoms with E-state index in [1.807, 2.05) is 60.7 Å². The molecule has 3 N–H and O–H groups in total. The third kappa shape index (κ3) is 4.60. The minimum absolute atomic E-state index is 0.0983. The van der Waals surface area contributed by atoms with Crippen LogP contribution >= 0.6 is 15.9 Å². The molecule has 232 valence electrons. The van der Waals surface area contributed by atoms with Gasteiger partial charge < -0.3 is 15.8 Å². The summed E-state index contributed by atoms with van der Waals surface area (Å²) in [6, 6.07) is 18.2. The van der Waals surface area contributed by atoms with Gasteiger partial charge >= 0.3 is 6.09 Å². The highest BCUT2D eigenvalue weighted by molar-refractivity contribution is 9.10. The largest absolute Gasteiger partial charge is 0.444 e. The van der Waals surface area contributed by atoms with Crippen molar-refractivity contribution in [2.75, 3.05) is 6.54 Å². The first kappa shape index (κ1) is 31.6. The van der Waals surface area contributed by atoms with Crippen LogP contribution in [0.2, 0.25) is 0 Å². The van der Waals surface area contributed by atoms with Crippen LogP contribution < -0.4 is 11.1 Å². The summed E-state index contributed by atoms with van der Waals surface area (Å²) in [5, 5.41) is 2.50. The maximum absolute atomic E-state index is 14.5. The molecule has 0 aromatic heterocycles. The van der Waals surface area contributed by atoms with Crippen molar-refractivity contribution in [3.05, 3.63) is 71.8 Å². The number of Topliss-reactive ketones (excluding diaryl/α,β-unsaturated/α-hetero) is 1. The number of alkyl halides is 1. The molecule has 44 heavy (non-hydrogen) atoms. The van der Waals surface area contributed by atoms with Gasteiger partial charge in [0.2, 0.25) is 17.7 Å². The van der Waals surface area contributed by atoms with Crippen LogP contribution in [0.15, 0.2) is 60.7 Å². The number of nitrogens with zero attached hydrogens (tertiary/aromatic N) is 1. The number of nitrogens with one attached hydrogen (secondary N) is 1. The lowest BCUT2D eigenvalue weighted by Gasteiger charge is -2.41. The summed E-state index contributed by atoms with van der Waals surface area (Å²) in [5.41, 5.74) is 5.41. The van der Waals surface area contributed by atoms with Crippen LogP contribution in [0.5, 0.6) is 0 Å². The number of unbranched alkanes of at least 4 members (excludes halogenated alkanes) is 1. The third-order valence-corrected chi connectivity index (χ3v) is 10.8. The first-order chi connectivity index (χ1) is 20.6. The van der Waals surface area contributed by atoms with Crippen molar-refractivity contribution in [2.24, 2.45) is 22.5 Å². The normalized spacial score (nSPS) is 28.4. The molecule has 2 aromatic carbocycles. The maximum atomic E-state index is 14.5. The van der Waals surface area contributed by atoms with E-state index >= 15 is 0 Å².